The van der Waals surface area contributed by atoms with Crippen LogP contribution >= 0.6 is 15.9 Å². The first-order chi connectivity index (χ1) is 11.1. The lowest BCUT2D eigenvalue weighted by atomic mass is 10.2. The van der Waals surface area contributed by atoms with Gasteiger partial charge in [-0.15, -0.1) is 0 Å². The molecule has 1 heterocycles. The van der Waals surface area contributed by atoms with E-state index in [2.05, 4.69) is 26.3 Å². The van der Waals surface area contributed by atoms with Gasteiger partial charge in [-0.2, -0.15) is 5.10 Å². The van der Waals surface area contributed by atoms with Gasteiger partial charge in [0.15, 0.2) is 0 Å². The van der Waals surface area contributed by atoms with Gasteiger partial charge in [0.05, 0.1) is 24.0 Å². The summed E-state index contributed by atoms with van der Waals surface area (Å²) >= 11 is 3.23. The Balaban J connectivity index is 1.71. The molecule has 0 fully saturated rings. The summed E-state index contributed by atoms with van der Waals surface area (Å²) in [7, 11) is 0. The van der Waals surface area contributed by atoms with Gasteiger partial charge >= 0.3 is 0 Å². The van der Waals surface area contributed by atoms with Crippen molar-refractivity contribution in [3.8, 4) is 0 Å². The second-order valence-electron chi connectivity index (χ2n) is 4.99. The Morgan fingerprint density at radius 1 is 1.22 bits per heavy atom. The van der Waals surface area contributed by atoms with E-state index in [1.807, 2.05) is 30.3 Å². The fourth-order valence-corrected chi connectivity index (χ4v) is 2.52. The van der Waals surface area contributed by atoms with Gasteiger partial charge in [-0.3, -0.25) is 9.48 Å². The molecular formula is C17H13BrFN3O. The Morgan fingerprint density at radius 2 is 2.00 bits per heavy atom. The Morgan fingerprint density at radius 3 is 2.78 bits per heavy atom. The molecule has 0 aliphatic carbocycles. The average Bonchev–Trinajstić information content (AvgIpc) is 2.97. The molecule has 4 nitrogen and oxygen atoms in total. The molecule has 3 aromatic rings. The van der Waals surface area contributed by atoms with Crippen LogP contribution in [-0.4, -0.2) is 15.7 Å². The van der Waals surface area contributed by atoms with Gasteiger partial charge in [-0.25, -0.2) is 4.39 Å². The summed E-state index contributed by atoms with van der Waals surface area (Å²) in [5.74, 6) is -1.08. The number of carbonyl (C=O) groups excluding carboxylic acids is 1. The summed E-state index contributed by atoms with van der Waals surface area (Å²) in [6.07, 6.45) is 3.25. The van der Waals surface area contributed by atoms with Crippen molar-refractivity contribution in [2.24, 2.45) is 0 Å². The molecule has 0 atom stereocenters. The summed E-state index contributed by atoms with van der Waals surface area (Å²) < 4.78 is 16.1. The number of benzene rings is 2. The minimum atomic E-state index is -0.567. The van der Waals surface area contributed by atoms with E-state index < -0.39 is 11.7 Å². The number of hydrogen-bond acceptors (Lipinski definition) is 2. The van der Waals surface area contributed by atoms with Crippen LogP contribution in [0.3, 0.4) is 0 Å². The number of rotatable bonds is 4. The number of nitrogens with one attached hydrogen (secondary N) is 1. The van der Waals surface area contributed by atoms with Crippen LogP contribution in [0.15, 0.2) is 65.4 Å². The van der Waals surface area contributed by atoms with Crippen LogP contribution in [0, 0.1) is 5.82 Å². The molecule has 0 saturated heterocycles. The SMILES string of the molecule is O=C(Nc1cnn(Cc2ccccc2)c1)c1cc(Br)ccc1F. The van der Waals surface area contributed by atoms with Gasteiger partial charge in [0.25, 0.3) is 5.91 Å². The van der Waals surface area contributed by atoms with Crippen molar-refractivity contribution in [2.45, 2.75) is 6.54 Å². The second kappa shape index (κ2) is 6.75. The fraction of sp³-hybridized carbons (Fsp3) is 0.0588. The molecule has 2 aromatic carbocycles. The Bertz CT molecular complexity index is 833. The van der Waals surface area contributed by atoms with Crippen LogP contribution in [0.5, 0.6) is 0 Å². The molecule has 0 bridgehead atoms. The summed E-state index contributed by atoms with van der Waals surface area (Å²) in [5.41, 5.74) is 1.60. The highest BCUT2D eigenvalue weighted by molar-refractivity contribution is 9.10. The van der Waals surface area contributed by atoms with E-state index in [1.54, 1.807) is 16.9 Å². The maximum absolute atomic E-state index is 13.7. The highest BCUT2D eigenvalue weighted by Crippen LogP contribution is 2.17. The maximum Gasteiger partial charge on any atom is 0.258 e. The number of anilines is 1. The number of halogens is 2. The lowest BCUT2D eigenvalue weighted by Gasteiger charge is -2.04. The van der Waals surface area contributed by atoms with Gasteiger partial charge < -0.3 is 5.32 Å². The monoisotopic (exact) mass is 373 g/mol. The summed E-state index contributed by atoms with van der Waals surface area (Å²) in [5, 5.41) is 6.85. The van der Waals surface area contributed by atoms with E-state index in [4.69, 9.17) is 0 Å². The minimum absolute atomic E-state index is 0.0183. The van der Waals surface area contributed by atoms with E-state index in [0.29, 0.717) is 16.7 Å². The van der Waals surface area contributed by atoms with Crippen molar-refractivity contribution in [1.82, 2.24) is 9.78 Å². The molecule has 1 amide bonds. The molecule has 0 unspecified atom stereocenters. The number of nitrogens with zero attached hydrogens (tertiary/aromatic N) is 2. The molecule has 6 heteroatoms. The van der Waals surface area contributed by atoms with Gasteiger partial charge in [-0.1, -0.05) is 46.3 Å². The third-order valence-electron chi connectivity index (χ3n) is 3.25. The third-order valence-corrected chi connectivity index (χ3v) is 3.74. The third kappa shape index (κ3) is 3.84. The zero-order valence-corrected chi connectivity index (χ0v) is 13.6. The summed E-state index contributed by atoms with van der Waals surface area (Å²) in [4.78, 5) is 12.1. The Hall–Kier alpha value is -2.47. The van der Waals surface area contributed by atoms with Crippen molar-refractivity contribution in [1.29, 1.82) is 0 Å². The van der Waals surface area contributed by atoms with E-state index in [1.165, 1.54) is 18.3 Å². The number of carbonyl (C=O) groups is 1. The molecule has 0 aliphatic rings. The van der Waals surface area contributed by atoms with Gasteiger partial charge in [-0.05, 0) is 23.8 Å². The normalized spacial score (nSPS) is 10.5. The molecule has 3 rings (SSSR count). The molecule has 23 heavy (non-hydrogen) atoms. The average molecular weight is 374 g/mol. The van der Waals surface area contributed by atoms with Crippen LogP contribution < -0.4 is 5.32 Å². The molecule has 1 aromatic heterocycles. The first-order valence-corrected chi connectivity index (χ1v) is 7.74. The number of amides is 1. The Kier molecular flexibility index (Phi) is 4.52. The van der Waals surface area contributed by atoms with Crippen molar-refractivity contribution < 1.29 is 9.18 Å². The maximum atomic E-state index is 13.7. The zero-order chi connectivity index (χ0) is 16.2. The van der Waals surface area contributed by atoms with Gasteiger partial charge in [0.1, 0.15) is 5.82 Å². The van der Waals surface area contributed by atoms with Crippen LogP contribution in [0.4, 0.5) is 10.1 Å². The lowest BCUT2D eigenvalue weighted by molar-refractivity contribution is 0.102. The van der Waals surface area contributed by atoms with Crippen LogP contribution in [0.25, 0.3) is 0 Å². The van der Waals surface area contributed by atoms with Crippen LogP contribution in [0.1, 0.15) is 15.9 Å². The molecule has 116 valence electrons. The Labute approximate surface area is 141 Å². The molecule has 0 saturated carbocycles. The van der Waals surface area contributed by atoms with E-state index in [9.17, 15) is 9.18 Å². The summed E-state index contributed by atoms with van der Waals surface area (Å²) in [6.45, 7) is 0.599. The van der Waals surface area contributed by atoms with Crippen LogP contribution in [-0.2, 0) is 6.54 Å². The highest BCUT2D eigenvalue weighted by atomic mass is 79.9. The lowest BCUT2D eigenvalue weighted by Crippen LogP contribution is -2.13. The fourth-order valence-electron chi connectivity index (χ4n) is 2.16. The first kappa shape index (κ1) is 15.4. The molecular weight excluding hydrogens is 361 g/mol. The topological polar surface area (TPSA) is 46.9 Å². The van der Waals surface area contributed by atoms with E-state index in [0.717, 1.165) is 5.56 Å². The van der Waals surface area contributed by atoms with E-state index in [-0.39, 0.29) is 5.56 Å². The quantitative estimate of drug-likeness (QED) is 0.748. The first-order valence-electron chi connectivity index (χ1n) is 6.94. The van der Waals surface area contributed by atoms with Crippen molar-refractivity contribution >= 4 is 27.5 Å². The predicted octanol–water partition coefficient (Wildman–Crippen LogP) is 4.09. The van der Waals surface area contributed by atoms with Crippen molar-refractivity contribution in [3.63, 3.8) is 0 Å². The van der Waals surface area contributed by atoms with E-state index >= 15 is 0 Å². The standard InChI is InChI=1S/C17H13BrFN3O/c18-13-6-7-16(19)15(8-13)17(23)21-14-9-20-22(11-14)10-12-4-2-1-3-5-12/h1-9,11H,10H2,(H,21,23). The summed E-state index contributed by atoms with van der Waals surface area (Å²) in [6, 6.07) is 14.1. The van der Waals surface area contributed by atoms with Gasteiger partial charge in [0.2, 0.25) is 0 Å². The minimum Gasteiger partial charge on any atom is -0.319 e. The predicted molar refractivity (Wildman–Crippen MR) is 89.8 cm³/mol. The van der Waals surface area contributed by atoms with Crippen molar-refractivity contribution in [3.05, 3.63) is 82.3 Å². The molecule has 0 aliphatic heterocycles. The molecule has 0 spiro atoms. The number of hydrogen-bond donors (Lipinski definition) is 1. The zero-order valence-electron chi connectivity index (χ0n) is 12.0. The van der Waals surface area contributed by atoms with Crippen molar-refractivity contribution in [2.75, 3.05) is 5.32 Å². The molecule has 1 N–H and O–H groups in total. The van der Waals surface area contributed by atoms with Crippen LogP contribution in [0.2, 0.25) is 0 Å². The second-order valence-corrected chi connectivity index (χ2v) is 5.91. The largest absolute Gasteiger partial charge is 0.319 e. The smallest absolute Gasteiger partial charge is 0.258 e. The van der Waals surface area contributed by atoms with Gasteiger partial charge in [0, 0.05) is 10.7 Å². The molecule has 0 radical (unpaired) electrons. The highest BCUT2D eigenvalue weighted by Gasteiger charge is 2.13. The number of aromatic nitrogens is 2.